The number of rotatable bonds is 16. The number of carbonyl (C=O) groups excluding carboxylic acids is 5. The Kier molecular flexibility index (Phi) is 16.9. The topological polar surface area (TPSA) is 146 Å². The van der Waals surface area contributed by atoms with Gasteiger partial charge in [0.1, 0.15) is 11.8 Å². The molecule has 0 spiro atoms. The van der Waals surface area contributed by atoms with Crippen molar-refractivity contribution in [1.29, 1.82) is 0 Å². The number of aryl methyl sites for hydroxylation is 2. The van der Waals surface area contributed by atoms with Gasteiger partial charge in [0.05, 0.1) is 18.3 Å². The fourth-order valence-electron chi connectivity index (χ4n) is 5.76. The van der Waals surface area contributed by atoms with Crippen LogP contribution in [0.1, 0.15) is 64.2 Å². The van der Waals surface area contributed by atoms with Crippen LogP contribution in [0.2, 0.25) is 0 Å². The molecule has 0 radical (unpaired) electrons. The predicted octanol–water partition coefficient (Wildman–Crippen LogP) is 3.80. The molecule has 2 aromatic carbocycles. The first-order valence-electron chi connectivity index (χ1n) is 17.3. The number of benzene rings is 2. The van der Waals surface area contributed by atoms with E-state index in [-0.39, 0.29) is 56.0 Å². The Labute approximate surface area is 318 Å². The number of ether oxygens (including phenoxy) is 2. The molecule has 288 valence electrons. The Morgan fingerprint density at radius 2 is 1.60 bits per heavy atom. The summed E-state index contributed by atoms with van der Waals surface area (Å²) in [5, 5.41) is 8.67. The van der Waals surface area contributed by atoms with Crippen LogP contribution in [0, 0.1) is 13.8 Å². The number of likely N-dealkylation sites (N-methyl/N-ethyl adjacent to an activating group) is 1. The van der Waals surface area contributed by atoms with Crippen molar-refractivity contribution in [3.8, 4) is 5.75 Å². The number of halogens is 1. The van der Waals surface area contributed by atoms with Gasteiger partial charge in [-0.3, -0.25) is 24.0 Å². The van der Waals surface area contributed by atoms with Crippen LogP contribution in [0.5, 0.6) is 5.75 Å². The lowest BCUT2D eigenvalue weighted by Crippen LogP contribution is -2.61. The van der Waals surface area contributed by atoms with Crippen LogP contribution in [-0.4, -0.2) is 108 Å². The highest BCUT2D eigenvalue weighted by molar-refractivity contribution is 8.00. The lowest BCUT2D eigenvalue weighted by molar-refractivity contribution is -0.164. The Hall–Kier alpha value is -3.81. The van der Waals surface area contributed by atoms with Crippen molar-refractivity contribution in [2.45, 2.75) is 96.2 Å². The average Bonchev–Trinajstić information content (AvgIpc) is 3.36. The van der Waals surface area contributed by atoms with Crippen molar-refractivity contribution in [3.05, 3.63) is 65.2 Å². The van der Waals surface area contributed by atoms with E-state index in [2.05, 4.69) is 16.0 Å². The molecule has 52 heavy (non-hydrogen) atoms. The van der Waals surface area contributed by atoms with Gasteiger partial charge in [-0.05, 0) is 85.7 Å². The first kappa shape index (κ1) is 44.4. The van der Waals surface area contributed by atoms with Crippen molar-refractivity contribution in [2.75, 3.05) is 39.7 Å². The van der Waals surface area contributed by atoms with Gasteiger partial charge in [0.15, 0.2) is 6.61 Å². The summed E-state index contributed by atoms with van der Waals surface area (Å²) in [6, 6.07) is 13.0. The van der Waals surface area contributed by atoms with E-state index >= 15 is 0 Å². The smallest absolute Gasteiger partial charge is 0.307 e. The number of hydrogen-bond donors (Lipinski definition) is 3. The van der Waals surface area contributed by atoms with Gasteiger partial charge in [-0.15, -0.1) is 24.2 Å². The van der Waals surface area contributed by atoms with E-state index in [0.29, 0.717) is 18.8 Å². The van der Waals surface area contributed by atoms with Crippen LogP contribution in [0.4, 0.5) is 0 Å². The molecule has 1 unspecified atom stereocenters. The second kappa shape index (κ2) is 19.9. The van der Waals surface area contributed by atoms with Crippen LogP contribution in [-0.2, 0) is 35.1 Å². The molecule has 4 amide bonds. The number of nitrogens with one attached hydrogen (secondary N) is 3. The van der Waals surface area contributed by atoms with Crippen molar-refractivity contribution in [2.24, 2.45) is 0 Å². The molecule has 3 N–H and O–H groups in total. The lowest BCUT2D eigenvalue weighted by Gasteiger charge is -2.36. The summed E-state index contributed by atoms with van der Waals surface area (Å²) in [7, 11) is 3.77. The van der Waals surface area contributed by atoms with E-state index in [4.69, 9.17) is 9.47 Å². The van der Waals surface area contributed by atoms with E-state index in [1.54, 1.807) is 0 Å². The van der Waals surface area contributed by atoms with E-state index < -0.39 is 46.3 Å². The molecule has 0 bridgehead atoms. The first-order valence-corrected chi connectivity index (χ1v) is 18.3. The highest BCUT2D eigenvalue weighted by Crippen LogP contribution is 2.40. The zero-order chi connectivity index (χ0) is 37.9. The van der Waals surface area contributed by atoms with E-state index in [1.807, 2.05) is 116 Å². The molecule has 14 heteroatoms. The summed E-state index contributed by atoms with van der Waals surface area (Å²) in [5.74, 6) is -1.84. The molecule has 0 aromatic heterocycles. The molecule has 3 rings (SSSR count). The quantitative estimate of drug-likeness (QED) is 0.218. The normalized spacial score (nSPS) is 16.3. The Bertz CT molecular complexity index is 1510. The molecule has 3 atom stereocenters. The maximum atomic E-state index is 14.7. The van der Waals surface area contributed by atoms with Gasteiger partial charge in [0.25, 0.3) is 11.8 Å². The van der Waals surface area contributed by atoms with Gasteiger partial charge >= 0.3 is 5.97 Å². The Morgan fingerprint density at radius 1 is 0.962 bits per heavy atom. The predicted molar refractivity (Wildman–Crippen MR) is 206 cm³/mol. The number of carbonyl (C=O) groups is 5. The summed E-state index contributed by atoms with van der Waals surface area (Å²) in [4.78, 5) is 71.2. The van der Waals surface area contributed by atoms with Crippen molar-refractivity contribution < 1.29 is 33.4 Å². The minimum atomic E-state index is -1.52. The van der Waals surface area contributed by atoms with E-state index in [1.165, 1.54) is 16.7 Å². The summed E-state index contributed by atoms with van der Waals surface area (Å²) in [6.45, 7) is 13.8. The number of thioether (sulfide) groups is 1. The van der Waals surface area contributed by atoms with Gasteiger partial charge in [0, 0.05) is 29.8 Å². The summed E-state index contributed by atoms with van der Waals surface area (Å²) >= 11 is 1.44. The maximum Gasteiger partial charge on any atom is 0.307 e. The molecule has 1 fully saturated rings. The third kappa shape index (κ3) is 13.6. The lowest BCUT2D eigenvalue weighted by atomic mass is 9.96. The maximum absolute atomic E-state index is 14.7. The fraction of sp³-hybridized carbons (Fsp3) is 0.553. The molecule has 0 saturated carbocycles. The minimum absolute atomic E-state index is 0. The van der Waals surface area contributed by atoms with Gasteiger partial charge < -0.3 is 35.2 Å². The average molecular weight is 762 g/mol. The summed E-state index contributed by atoms with van der Waals surface area (Å²) in [5.41, 5.74) is 1.95. The summed E-state index contributed by atoms with van der Waals surface area (Å²) < 4.78 is 11.2. The third-order valence-corrected chi connectivity index (χ3v) is 9.66. The SMILES string of the molecule is Cc1cccc(C)c1OCC(=O)N[C@@H](Cc1ccccc1)[C@H](OC(=O)CCC(=O)NCCN(C)C)C(=O)N1CSC(C)(C)C1C(=O)NC(C)(C)C.Cl. The second-order valence-electron chi connectivity index (χ2n) is 14.8. The highest BCUT2D eigenvalue weighted by atomic mass is 35.5. The first-order chi connectivity index (χ1) is 23.9. The highest BCUT2D eigenvalue weighted by Gasteiger charge is 2.51. The largest absolute Gasteiger partial charge is 0.483 e. The van der Waals surface area contributed by atoms with Crippen LogP contribution in [0.15, 0.2) is 48.5 Å². The minimum Gasteiger partial charge on any atom is -0.483 e. The van der Waals surface area contributed by atoms with Crippen molar-refractivity contribution in [1.82, 2.24) is 25.8 Å². The molecule has 1 aliphatic rings. The molecule has 12 nitrogen and oxygen atoms in total. The van der Waals surface area contributed by atoms with Gasteiger partial charge in [-0.1, -0.05) is 48.5 Å². The summed E-state index contributed by atoms with van der Waals surface area (Å²) in [6.07, 6.45) is -1.81. The Morgan fingerprint density at radius 3 is 2.19 bits per heavy atom. The number of para-hydroxylation sites is 1. The number of esters is 1. The molecule has 1 saturated heterocycles. The van der Waals surface area contributed by atoms with Crippen LogP contribution >= 0.6 is 24.2 Å². The van der Waals surface area contributed by atoms with Crippen LogP contribution in [0.3, 0.4) is 0 Å². The molecule has 0 aliphatic carbocycles. The van der Waals surface area contributed by atoms with Crippen LogP contribution < -0.4 is 20.7 Å². The van der Waals surface area contributed by atoms with Gasteiger partial charge in [0.2, 0.25) is 17.9 Å². The molecule has 1 heterocycles. The molecule has 2 aromatic rings. The third-order valence-electron chi connectivity index (χ3n) is 8.28. The standard InChI is InChI=1S/C38H55N5O7S.ClH/c1-25-14-13-15-26(2)32(25)49-23-30(45)40-28(22-27-16-11-10-12-17-27)33(50-31(46)19-18-29(44)39-20-21-42(8)9)36(48)43-24-51-38(6,7)34(43)35(47)41-37(3,4)5;/h10-17,28,33-34H,18-24H2,1-9H3,(H,39,44)(H,40,45)(H,41,47);1H/t28-,33-,34?;/m0./s1. The van der Waals surface area contributed by atoms with Gasteiger partial charge in [-0.2, -0.15) is 0 Å². The van der Waals surface area contributed by atoms with E-state index in [9.17, 15) is 24.0 Å². The fourth-order valence-corrected chi connectivity index (χ4v) is 6.90. The molecular weight excluding hydrogens is 706 g/mol. The van der Waals surface area contributed by atoms with Crippen molar-refractivity contribution in [3.63, 3.8) is 0 Å². The van der Waals surface area contributed by atoms with E-state index in [0.717, 1.165) is 16.7 Å². The number of amides is 4. The zero-order valence-electron chi connectivity index (χ0n) is 31.9. The van der Waals surface area contributed by atoms with Gasteiger partial charge in [-0.25, -0.2) is 0 Å². The Balaban J connectivity index is 0.00000936. The monoisotopic (exact) mass is 761 g/mol. The zero-order valence-corrected chi connectivity index (χ0v) is 33.5. The number of nitrogens with zero attached hydrogens (tertiary/aromatic N) is 2. The van der Waals surface area contributed by atoms with Crippen molar-refractivity contribution >= 4 is 53.8 Å². The molecule has 1 aliphatic heterocycles. The second-order valence-corrected chi connectivity index (χ2v) is 16.4. The molecular formula is C38H56ClN5O7S. The van der Waals surface area contributed by atoms with Crippen LogP contribution in [0.25, 0.3) is 0 Å². The number of hydrogen-bond acceptors (Lipinski definition) is 9.